The molecule has 3 aromatic rings. The fourth-order valence-corrected chi connectivity index (χ4v) is 3.64. The normalized spacial score (nSPS) is 13.5. The minimum absolute atomic E-state index is 0.123. The van der Waals surface area contributed by atoms with Crippen LogP contribution in [-0.4, -0.2) is 29.6 Å². The Morgan fingerprint density at radius 2 is 1.83 bits per heavy atom. The molecule has 29 heavy (non-hydrogen) atoms. The molecule has 1 aliphatic heterocycles. The molecule has 148 valence electrons. The number of nitrogens with zero attached hydrogens (tertiary/aromatic N) is 2. The summed E-state index contributed by atoms with van der Waals surface area (Å²) in [4.78, 5) is 26.2. The molecule has 4 rings (SSSR count). The molecule has 1 aliphatic rings. The predicted molar refractivity (Wildman–Crippen MR) is 110 cm³/mol. The van der Waals surface area contributed by atoms with Crippen LogP contribution < -0.4 is 15.5 Å². The van der Waals surface area contributed by atoms with Crippen molar-refractivity contribution in [3.63, 3.8) is 0 Å². The molecular weight excluding hydrogens is 371 g/mol. The topological polar surface area (TPSA) is 66.4 Å². The number of hydrogen-bond acceptors (Lipinski definition) is 2. The second-order valence-corrected chi connectivity index (χ2v) is 6.96. The van der Waals surface area contributed by atoms with Crippen LogP contribution in [0.25, 0.3) is 5.69 Å². The number of hydrogen-bond donors (Lipinski definition) is 2. The first-order chi connectivity index (χ1) is 14.0. The van der Waals surface area contributed by atoms with Gasteiger partial charge in [-0.3, -0.25) is 9.69 Å². The summed E-state index contributed by atoms with van der Waals surface area (Å²) in [5.74, 6) is -0.616. The van der Waals surface area contributed by atoms with Gasteiger partial charge in [0.05, 0.1) is 11.3 Å². The summed E-state index contributed by atoms with van der Waals surface area (Å²) in [7, 11) is 0. The number of aryl methyl sites for hydroxylation is 1. The van der Waals surface area contributed by atoms with Crippen molar-refractivity contribution in [2.75, 3.05) is 23.3 Å². The summed E-state index contributed by atoms with van der Waals surface area (Å²) < 4.78 is 16.0. The van der Waals surface area contributed by atoms with Crippen LogP contribution in [0.4, 0.5) is 20.6 Å². The maximum absolute atomic E-state index is 14.2. The second-order valence-electron chi connectivity index (χ2n) is 6.96. The number of urea groups is 1. The van der Waals surface area contributed by atoms with E-state index in [1.54, 1.807) is 64.9 Å². The molecule has 2 heterocycles. The van der Waals surface area contributed by atoms with Crippen LogP contribution in [0.2, 0.25) is 0 Å². The van der Waals surface area contributed by atoms with Gasteiger partial charge < -0.3 is 15.2 Å². The highest BCUT2D eigenvalue weighted by atomic mass is 19.1. The number of rotatable bonds is 4. The van der Waals surface area contributed by atoms with Crippen LogP contribution in [0, 0.1) is 19.7 Å². The van der Waals surface area contributed by atoms with E-state index in [0.29, 0.717) is 35.7 Å². The molecular formula is C22H21FN4O2. The number of anilines is 2. The summed E-state index contributed by atoms with van der Waals surface area (Å²) in [6, 6.07) is 15.2. The van der Waals surface area contributed by atoms with Crippen molar-refractivity contribution < 1.29 is 14.0 Å². The summed E-state index contributed by atoms with van der Waals surface area (Å²) in [5, 5.41) is 5.63. The van der Waals surface area contributed by atoms with Crippen LogP contribution in [-0.2, 0) is 0 Å². The van der Waals surface area contributed by atoms with Gasteiger partial charge in [-0.05, 0) is 56.3 Å². The van der Waals surface area contributed by atoms with Gasteiger partial charge in [0.2, 0.25) is 0 Å². The van der Waals surface area contributed by atoms with Gasteiger partial charge in [-0.2, -0.15) is 0 Å². The highest BCUT2D eigenvalue weighted by molar-refractivity contribution is 6.05. The van der Waals surface area contributed by atoms with Crippen LogP contribution >= 0.6 is 0 Å². The van der Waals surface area contributed by atoms with E-state index in [2.05, 4.69) is 10.6 Å². The van der Waals surface area contributed by atoms with Crippen LogP contribution in [0.5, 0.6) is 0 Å². The van der Waals surface area contributed by atoms with Crippen molar-refractivity contribution in [3.8, 4) is 5.69 Å². The summed E-state index contributed by atoms with van der Waals surface area (Å²) in [6.45, 7) is 4.87. The van der Waals surface area contributed by atoms with Gasteiger partial charge in [0.15, 0.2) is 0 Å². The van der Waals surface area contributed by atoms with Gasteiger partial charge in [0, 0.05) is 35.9 Å². The number of aromatic nitrogens is 1. The molecule has 0 saturated carbocycles. The Morgan fingerprint density at radius 1 is 1.10 bits per heavy atom. The van der Waals surface area contributed by atoms with E-state index in [-0.39, 0.29) is 17.8 Å². The zero-order valence-electron chi connectivity index (χ0n) is 16.2. The Kier molecular flexibility index (Phi) is 4.80. The van der Waals surface area contributed by atoms with E-state index in [4.69, 9.17) is 0 Å². The standard InChI is InChI=1S/C22H21FN4O2/c1-14-13-18(15(2)27(14)20-6-4-3-5-19(20)23)21(28)25-16-7-9-17(10-8-16)26-12-11-24-22(26)29/h3-10,13H,11-12H2,1-2H3,(H,24,29)(H,25,28). The van der Waals surface area contributed by atoms with Crippen LogP contribution in [0.3, 0.4) is 0 Å². The zero-order valence-corrected chi connectivity index (χ0v) is 16.2. The van der Waals surface area contributed by atoms with Crippen LogP contribution in [0.15, 0.2) is 54.6 Å². The lowest BCUT2D eigenvalue weighted by Gasteiger charge is -2.15. The Balaban J connectivity index is 1.56. The van der Waals surface area contributed by atoms with Crippen molar-refractivity contribution in [1.29, 1.82) is 0 Å². The zero-order chi connectivity index (χ0) is 20.5. The van der Waals surface area contributed by atoms with Crippen molar-refractivity contribution in [3.05, 3.63) is 77.4 Å². The lowest BCUT2D eigenvalue weighted by Crippen LogP contribution is -2.27. The van der Waals surface area contributed by atoms with Crippen molar-refractivity contribution in [2.45, 2.75) is 13.8 Å². The number of benzene rings is 2. The minimum Gasteiger partial charge on any atom is -0.336 e. The second kappa shape index (κ2) is 7.43. The molecule has 1 aromatic heterocycles. The van der Waals surface area contributed by atoms with E-state index in [1.165, 1.54) is 6.07 Å². The fourth-order valence-electron chi connectivity index (χ4n) is 3.64. The van der Waals surface area contributed by atoms with Gasteiger partial charge in [-0.1, -0.05) is 12.1 Å². The molecule has 7 heteroatoms. The summed E-state index contributed by atoms with van der Waals surface area (Å²) in [6.07, 6.45) is 0. The number of nitrogens with one attached hydrogen (secondary N) is 2. The third-order valence-corrected chi connectivity index (χ3v) is 5.06. The van der Waals surface area contributed by atoms with Crippen molar-refractivity contribution in [2.24, 2.45) is 0 Å². The van der Waals surface area contributed by atoms with Gasteiger partial charge in [0.1, 0.15) is 5.82 Å². The largest absolute Gasteiger partial charge is 0.336 e. The lowest BCUT2D eigenvalue weighted by molar-refractivity contribution is 0.102. The number of carbonyl (C=O) groups excluding carboxylic acids is 2. The third-order valence-electron chi connectivity index (χ3n) is 5.06. The van der Waals surface area contributed by atoms with Gasteiger partial charge in [-0.15, -0.1) is 0 Å². The molecule has 0 spiro atoms. The number of halogens is 1. The molecule has 0 unspecified atom stereocenters. The molecule has 1 saturated heterocycles. The average Bonchev–Trinajstić information content (AvgIpc) is 3.26. The fraction of sp³-hybridized carbons (Fsp3) is 0.182. The first-order valence-corrected chi connectivity index (χ1v) is 9.36. The molecule has 1 fully saturated rings. The van der Waals surface area contributed by atoms with E-state index in [9.17, 15) is 14.0 Å². The lowest BCUT2D eigenvalue weighted by atomic mass is 10.2. The molecule has 2 N–H and O–H groups in total. The van der Waals surface area contributed by atoms with E-state index < -0.39 is 0 Å². The molecule has 0 atom stereocenters. The monoisotopic (exact) mass is 392 g/mol. The third kappa shape index (κ3) is 3.47. The van der Waals surface area contributed by atoms with Gasteiger partial charge in [0.25, 0.3) is 5.91 Å². The molecule has 0 radical (unpaired) electrons. The maximum atomic E-state index is 14.2. The Hall–Kier alpha value is -3.61. The molecule has 2 aromatic carbocycles. The Labute approximate surface area is 167 Å². The van der Waals surface area contributed by atoms with E-state index in [1.807, 2.05) is 6.92 Å². The highest BCUT2D eigenvalue weighted by Gasteiger charge is 2.21. The number of para-hydroxylation sites is 1. The smallest absolute Gasteiger partial charge is 0.321 e. The van der Waals surface area contributed by atoms with Crippen molar-refractivity contribution >= 4 is 23.3 Å². The van der Waals surface area contributed by atoms with Gasteiger partial charge in [-0.25, -0.2) is 9.18 Å². The first kappa shape index (κ1) is 18.7. The van der Waals surface area contributed by atoms with Gasteiger partial charge >= 0.3 is 6.03 Å². The number of amides is 3. The quantitative estimate of drug-likeness (QED) is 0.704. The van der Waals surface area contributed by atoms with Crippen molar-refractivity contribution in [1.82, 2.24) is 9.88 Å². The summed E-state index contributed by atoms with van der Waals surface area (Å²) >= 11 is 0. The number of carbonyl (C=O) groups is 2. The Bertz CT molecular complexity index is 1090. The summed E-state index contributed by atoms with van der Waals surface area (Å²) in [5.41, 5.74) is 3.72. The first-order valence-electron chi connectivity index (χ1n) is 9.36. The predicted octanol–water partition coefficient (Wildman–Crippen LogP) is 4.02. The Morgan fingerprint density at radius 3 is 2.48 bits per heavy atom. The minimum atomic E-state index is -0.345. The SMILES string of the molecule is Cc1cc(C(=O)Nc2ccc(N3CCNC3=O)cc2)c(C)n1-c1ccccc1F. The van der Waals surface area contributed by atoms with E-state index >= 15 is 0 Å². The highest BCUT2D eigenvalue weighted by Crippen LogP contribution is 2.24. The van der Waals surface area contributed by atoms with E-state index in [0.717, 1.165) is 11.4 Å². The average molecular weight is 392 g/mol. The molecule has 6 nitrogen and oxygen atoms in total. The molecule has 0 aliphatic carbocycles. The maximum Gasteiger partial charge on any atom is 0.321 e. The molecule has 3 amide bonds. The molecule has 0 bridgehead atoms. The van der Waals surface area contributed by atoms with Crippen LogP contribution in [0.1, 0.15) is 21.7 Å².